The predicted molar refractivity (Wildman–Crippen MR) is 120 cm³/mol. The zero-order chi connectivity index (χ0) is 23.8. The quantitative estimate of drug-likeness (QED) is 0.423. The third-order valence-corrected chi connectivity index (χ3v) is 5.61. The van der Waals surface area contributed by atoms with Crippen molar-refractivity contribution in [3.63, 3.8) is 0 Å². The molecule has 34 heavy (non-hydrogen) atoms. The largest absolute Gasteiger partial charge is 0.503 e. The zero-order valence-corrected chi connectivity index (χ0v) is 18.3. The smallest absolute Gasteiger partial charge is 0.294 e. The van der Waals surface area contributed by atoms with E-state index in [0.29, 0.717) is 34.1 Å². The average molecular weight is 457 g/mol. The molecule has 9 nitrogen and oxygen atoms in total. The molecule has 4 aromatic rings. The van der Waals surface area contributed by atoms with Gasteiger partial charge in [-0.3, -0.25) is 14.5 Å². The Balaban J connectivity index is 1.57. The number of rotatable bonds is 6. The highest BCUT2D eigenvalue weighted by Crippen LogP contribution is 2.42. The van der Waals surface area contributed by atoms with Crippen molar-refractivity contribution in [2.75, 3.05) is 12.0 Å². The first kappa shape index (κ1) is 21.2. The molecule has 9 heteroatoms. The number of benzene rings is 2. The van der Waals surface area contributed by atoms with E-state index in [0.717, 1.165) is 5.56 Å². The number of hydrogen-bond acceptors (Lipinski definition) is 8. The van der Waals surface area contributed by atoms with Crippen LogP contribution in [0.1, 0.15) is 27.9 Å². The summed E-state index contributed by atoms with van der Waals surface area (Å²) in [4.78, 5) is 28.0. The Morgan fingerprint density at radius 3 is 2.38 bits per heavy atom. The van der Waals surface area contributed by atoms with Crippen LogP contribution in [-0.2, 0) is 4.79 Å². The summed E-state index contributed by atoms with van der Waals surface area (Å²) in [6.45, 7) is 1.71. The second-order valence-electron chi connectivity index (χ2n) is 7.69. The molecule has 170 valence electrons. The number of carbonyl (C=O) groups is 2. The van der Waals surface area contributed by atoms with Gasteiger partial charge in [0.25, 0.3) is 5.91 Å². The van der Waals surface area contributed by atoms with Crippen LogP contribution in [0.25, 0.3) is 11.3 Å². The standard InChI is InChI=1S/C25H19N3O6/c1-14-13-20(27-34-14)22-21(23(29)16-5-9-18(32-2)10-6-16)24(30)25(31)28(22)17-7-3-15(4-8-17)19-11-12-33-26-19/h3-13,22,30H,1-2H3. The Hall–Kier alpha value is -4.66. The molecule has 0 spiro atoms. The summed E-state index contributed by atoms with van der Waals surface area (Å²) < 4.78 is 15.3. The number of nitrogens with zero attached hydrogens (tertiary/aromatic N) is 3. The summed E-state index contributed by atoms with van der Waals surface area (Å²) in [6, 6.07) is 15.7. The molecule has 5 rings (SSSR count). The number of methoxy groups -OCH3 is 1. The summed E-state index contributed by atoms with van der Waals surface area (Å²) >= 11 is 0. The van der Waals surface area contributed by atoms with Crippen LogP contribution in [0.4, 0.5) is 5.69 Å². The van der Waals surface area contributed by atoms with Gasteiger partial charge in [0.15, 0.2) is 11.5 Å². The highest BCUT2D eigenvalue weighted by Gasteiger charge is 2.46. The normalized spacial score (nSPS) is 15.8. The number of hydrogen-bond donors (Lipinski definition) is 1. The third-order valence-electron chi connectivity index (χ3n) is 5.61. The summed E-state index contributed by atoms with van der Waals surface area (Å²) in [5, 5.41) is 18.8. The number of carbonyl (C=O) groups excluding carboxylic acids is 2. The van der Waals surface area contributed by atoms with E-state index in [4.69, 9.17) is 13.8 Å². The van der Waals surface area contributed by atoms with Crippen molar-refractivity contribution in [1.29, 1.82) is 0 Å². The van der Waals surface area contributed by atoms with E-state index in [2.05, 4.69) is 10.3 Å². The van der Waals surface area contributed by atoms with E-state index in [1.807, 2.05) is 0 Å². The molecule has 1 unspecified atom stereocenters. The van der Waals surface area contributed by atoms with Crippen LogP contribution in [0.2, 0.25) is 0 Å². The van der Waals surface area contributed by atoms with Gasteiger partial charge in [-0.1, -0.05) is 22.4 Å². The van der Waals surface area contributed by atoms with Crippen LogP contribution in [0.3, 0.4) is 0 Å². The Kier molecular flexibility index (Phi) is 5.21. The minimum absolute atomic E-state index is 0.0796. The van der Waals surface area contributed by atoms with E-state index in [1.165, 1.54) is 18.3 Å². The van der Waals surface area contributed by atoms with Crippen molar-refractivity contribution in [3.05, 3.63) is 95.3 Å². The Morgan fingerprint density at radius 1 is 1.06 bits per heavy atom. The maximum Gasteiger partial charge on any atom is 0.294 e. The van der Waals surface area contributed by atoms with Gasteiger partial charge in [-0.2, -0.15) is 0 Å². The van der Waals surface area contributed by atoms with Gasteiger partial charge in [0.05, 0.1) is 12.7 Å². The molecule has 1 N–H and O–H groups in total. The first-order chi connectivity index (χ1) is 16.5. The maximum atomic E-state index is 13.5. The van der Waals surface area contributed by atoms with Crippen molar-refractivity contribution in [2.24, 2.45) is 0 Å². The van der Waals surface area contributed by atoms with E-state index < -0.39 is 23.5 Å². The molecule has 1 atom stereocenters. The van der Waals surface area contributed by atoms with Crippen LogP contribution < -0.4 is 9.64 Å². The van der Waals surface area contributed by atoms with E-state index in [1.54, 1.807) is 67.6 Å². The third kappa shape index (κ3) is 3.53. The molecule has 1 aliphatic heterocycles. The molecule has 0 radical (unpaired) electrons. The number of ketones is 1. The van der Waals surface area contributed by atoms with Gasteiger partial charge in [-0.05, 0) is 43.3 Å². The van der Waals surface area contributed by atoms with Gasteiger partial charge >= 0.3 is 0 Å². The van der Waals surface area contributed by atoms with Crippen LogP contribution >= 0.6 is 0 Å². The molecule has 1 aliphatic rings. The summed E-state index contributed by atoms with van der Waals surface area (Å²) in [5.41, 5.74) is 2.43. The maximum absolute atomic E-state index is 13.5. The number of aromatic nitrogens is 2. The topological polar surface area (TPSA) is 119 Å². The lowest BCUT2D eigenvalue weighted by Crippen LogP contribution is -2.31. The molecular formula is C25H19N3O6. The fraction of sp³-hybridized carbons (Fsp3) is 0.120. The summed E-state index contributed by atoms with van der Waals surface area (Å²) in [7, 11) is 1.52. The molecule has 2 aromatic carbocycles. The fourth-order valence-electron chi connectivity index (χ4n) is 3.95. The second kappa shape index (κ2) is 8.36. The van der Waals surface area contributed by atoms with Gasteiger partial charge in [0, 0.05) is 28.9 Å². The van der Waals surface area contributed by atoms with Gasteiger partial charge in [0.2, 0.25) is 0 Å². The Labute approximate surface area is 193 Å². The monoisotopic (exact) mass is 457 g/mol. The van der Waals surface area contributed by atoms with Crippen molar-refractivity contribution in [1.82, 2.24) is 10.3 Å². The van der Waals surface area contributed by atoms with E-state index in [-0.39, 0.29) is 5.57 Å². The number of Topliss-reactive ketones (excluding diaryl/α,β-unsaturated/α-hetero) is 1. The Morgan fingerprint density at radius 2 is 1.79 bits per heavy atom. The number of aryl methyl sites for hydroxylation is 1. The molecule has 0 saturated carbocycles. The summed E-state index contributed by atoms with van der Waals surface area (Å²) in [6.07, 6.45) is 1.47. The van der Waals surface area contributed by atoms with Crippen LogP contribution in [0, 0.1) is 6.92 Å². The molecular weight excluding hydrogens is 438 g/mol. The predicted octanol–water partition coefficient (Wildman–Crippen LogP) is 4.43. The van der Waals surface area contributed by atoms with Crippen molar-refractivity contribution >= 4 is 17.4 Å². The van der Waals surface area contributed by atoms with Crippen molar-refractivity contribution in [2.45, 2.75) is 13.0 Å². The summed E-state index contributed by atoms with van der Waals surface area (Å²) in [5.74, 6) is -0.759. The average Bonchev–Trinajstić information content (AvgIpc) is 3.60. The molecule has 2 aromatic heterocycles. The van der Waals surface area contributed by atoms with Crippen LogP contribution in [0.15, 0.2) is 87.3 Å². The lowest BCUT2D eigenvalue weighted by molar-refractivity contribution is -0.117. The highest BCUT2D eigenvalue weighted by molar-refractivity contribution is 6.20. The second-order valence-corrected chi connectivity index (χ2v) is 7.69. The molecule has 0 fully saturated rings. The lowest BCUT2D eigenvalue weighted by Gasteiger charge is -2.25. The van der Waals surface area contributed by atoms with Crippen molar-refractivity contribution in [3.8, 4) is 17.0 Å². The fourth-order valence-corrected chi connectivity index (χ4v) is 3.95. The van der Waals surface area contributed by atoms with E-state index in [9.17, 15) is 14.7 Å². The molecule has 3 heterocycles. The molecule has 0 saturated heterocycles. The Bertz CT molecular complexity index is 1390. The van der Waals surface area contributed by atoms with Gasteiger partial charge < -0.3 is 18.9 Å². The minimum atomic E-state index is -0.975. The number of aliphatic hydroxyl groups excluding tert-OH is 1. The molecule has 1 amide bonds. The number of aliphatic hydroxyl groups is 1. The zero-order valence-electron chi connectivity index (χ0n) is 18.3. The number of amides is 1. The van der Waals surface area contributed by atoms with Crippen LogP contribution in [-0.4, -0.2) is 34.2 Å². The van der Waals surface area contributed by atoms with Gasteiger partial charge in [-0.25, -0.2) is 0 Å². The first-order valence-corrected chi connectivity index (χ1v) is 10.4. The molecule has 0 bridgehead atoms. The minimum Gasteiger partial charge on any atom is -0.503 e. The number of anilines is 1. The molecule has 0 aliphatic carbocycles. The lowest BCUT2D eigenvalue weighted by atomic mass is 9.95. The SMILES string of the molecule is COc1ccc(C(=O)C2=C(O)C(=O)N(c3ccc(-c4ccon4)cc3)C2c2cc(C)on2)cc1. The first-order valence-electron chi connectivity index (χ1n) is 10.4. The van der Waals surface area contributed by atoms with Gasteiger partial charge in [0.1, 0.15) is 35.2 Å². The van der Waals surface area contributed by atoms with Crippen molar-refractivity contribution < 1.29 is 28.5 Å². The van der Waals surface area contributed by atoms with Crippen LogP contribution in [0.5, 0.6) is 5.75 Å². The van der Waals surface area contributed by atoms with E-state index >= 15 is 0 Å². The number of ether oxygens (including phenoxy) is 1. The van der Waals surface area contributed by atoms with Gasteiger partial charge in [-0.15, -0.1) is 0 Å². The highest BCUT2D eigenvalue weighted by atomic mass is 16.5.